The third-order valence-corrected chi connectivity index (χ3v) is 4.20. The van der Waals surface area contributed by atoms with Crippen LogP contribution >= 0.6 is 11.8 Å². The molecule has 0 saturated heterocycles. The van der Waals surface area contributed by atoms with Crippen LogP contribution < -0.4 is 16.0 Å². The highest BCUT2D eigenvalue weighted by molar-refractivity contribution is 7.99. The molecule has 0 fully saturated rings. The van der Waals surface area contributed by atoms with Gasteiger partial charge in [0.25, 0.3) is 0 Å². The molecule has 0 radical (unpaired) electrons. The van der Waals surface area contributed by atoms with Gasteiger partial charge in [-0.25, -0.2) is 4.79 Å². The van der Waals surface area contributed by atoms with E-state index in [1.807, 2.05) is 44.2 Å². The summed E-state index contributed by atoms with van der Waals surface area (Å²) in [5, 5.41) is 8.35. The maximum atomic E-state index is 12.0. The molecule has 0 saturated carbocycles. The monoisotopic (exact) mass is 357 g/mol. The van der Waals surface area contributed by atoms with E-state index in [9.17, 15) is 9.59 Å². The molecule has 2 aromatic rings. The first-order chi connectivity index (χ1) is 12.0. The third-order valence-electron chi connectivity index (χ3n) is 3.19. The van der Waals surface area contributed by atoms with Gasteiger partial charge in [0.05, 0.1) is 0 Å². The number of thioether (sulfide) groups is 1. The summed E-state index contributed by atoms with van der Waals surface area (Å²) in [6.07, 6.45) is 0.441. The topological polar surface area (TPSA) is 70.2 Å². The maximum Gasteiger partial charge on any atom is 0.319 e. The van der Waals surface area contributed by atoms with Crippen molar-refractivity contribution in [1.82, 2.24) is 5.32 Å². The average molecular weight is 357 g/mol. The van der Waals surface area contributed by atoms with Gasteiger partial charge in [-0.3, -0.25) is 4.79 Å². The lowest BCUT2D eigenvalue weighted by molar-refractivity contribution is -0.115. The molecule has 2 rings (SSSR count). The number of hydrogen-bond donors (Lipinski definition) is 3. The minimum atomic E-state index is -0.246. The number of amides is 3. The number of nitrogens with one attached hydrogen (secondary N) is 3. The second-order valence-electron chi connectivity index (χ2n) is 5.79. The van der Waals surface area contributed by atoms with Crippen molar-refractivity contribution in [2.45, 2.75) is 31.2 Å². The number of hydrogen-bond acceptors (Lipinski definition) is 3. The van der Waals surface area contributed by atoms with Crippen LogP contribution in [0.3, 0.4) is 0 Å². The Labute approximate surface area is 152 Å². The highest BCUT2D eigenvalue weighted by atomic mass is 32.2. The van der Waals surface area contributed by atoms with E-state index >= 15 is 0 Å². The predicted molar refractivity (Wildman–Crippen MR) is 104 cm³/mol. The van der Waals surface area contributed by atoms with Gasteiger partial charge in [-0.15, -0.1) is 11.8 Å². The minimum absolute atomic E-state index is 0.0262. The van der Waals surface area contributed by atoms with Gasteiger partial charge in [0, 0.05) is 34.5 Å². The van der Waals surface area contributed by atoms with Gasteiger partial charge in [-0.1, -0.05) is 18.2 Å². The molecule has 0 aromatic heterocycles. The molecule has 25 heavy (non-hydrogen) atoms. The van der Waals surface area contributed by atoms with E-state index in [0.29, 0.717) is 17.8 Å². The van der Waals surface area contributed by atoms with Gasteiger partial charge < -0.3 is 16.0 Å². The second kappa shape index (κ2) is 9.74. The van der Waals surface area contributed by atoms with E-state index in [0.717, 1.165) is 10.6 Å². The molecule has 0 bridgehead atoms. The fourth-order valence-electron chi connectivity index (χ4n) is 2.07. The van der Waals surface area contributed by atoms with Gasteiger partial charge >= 0.3 is 6.03 Å². The van der Waals surface area contributed by atoms with Gasteiger partial charge in [0.1, 0.15) is 0 Å². The van der Waals surface area contributed by atoms with Crippen molar-refractivity contribution >= 4 is 35.1 Å². The lowest BCUT2D eigenvalue weighted by Crippen LogP contribution is -2.34. The number of urea groups is 1. The number of benzene rings is 2. The van der Waals surface area contributed by atoms with Crippen molar-refractivity contribution in [3.8, 4) is 0 Å². The molecule has 0 aliphatic rings. The highest BCUT2D eigenvalue weighted by Crippen LogP contribution is 2.18. The van der Waals surface area contributed by atoms with E-state index in [1.165, 1.54) is 0 Å². The van der Waals surface area contributed by atoms with Gasteiger partial charge in [-0.2, -0.15) is 0 Å². The largest absolute Gasteiger partial charge is 0.336 e. The zero-order valence-electron chi connectivity index (χ0n) is 14.4. The zero-order valence-corrected chi connectivity index (χ0v) is 15.2. The molecule has 0 aliphatic carbocycles. The molecule has 3 N–H and O–H groups in total. The van der Waals surface area contributed by atoms with Crippen LogP contribution in [-0.4, -0.2) is 23.7 Å². The van der Waals surface area contributed by atoms with Crippen LogP contribution in [0.15, 0.2) is 59.5 Å². The normalized spacial score (nSPS) is 10.4. The molecule has 0 unspecified atom stereocenters. The molecule has 6 heteroatoms. The molecule has 0 aliphatic heterocycles. The fourth-order valence-corrected chi connectivity index (χ4v) is 2.94. The summed E-state index contributed by atoms with van der Waals surface area (Å²) in [5.74, 6) is 0.701. The van der Waals surface area contributed by atoms with Gasteiger partial charge in [-0.05, 0) is 50.2 Å². The third kappa shape index (κ3) is 7.30. The first-order valence-corrected chi connectivity index (χ1v) is 9.17. The second-order valence-corrected chi connectivity index (χ2v) is 6.96. The summed E-state index contributed by atoms with van der Waals surface area (Å²) in [5.41, 5.74) is 1.39. The Morgan fingerprint density at radius 3 is 2.12 bits per heavy atom. The molecule has 0 heterocycles. The van der Waals surface area contributed by atoms with Crippen molar-refractivity contribution < 1.29 is 9.59 Å². The number of carbonyl (C=O) groups is 2. The van der Waals surface area contributed by atoms with E-state index in [2.05, 4.69) is 16.0 Å². The average Bonchev–Trinajstić information content (AvgIpc) is 2.57. The molecular weight excluding hydrogens is 334 g/mol. The molecule has 0 spiro atoms. The lowest BCUT2D eigenvalue weighted by Gasteiger charge is -2.11. The highest BCUT2D eigenvalue weighted by Gasteiger charge is 2.05. The van der Waals surface area contributed by atoms with Crippen molar-refractivity contribution in [3.05, 3.63) is 54.6 Å². The summed E-state index contributed by atoms with van der Waals surface area (Å²) in [7, 11) is 0. The van der Waals surface area contributed by atoms with Crippen LogP contribution in [0.1, 0.15) is 20.3 Å². The lowest BCUT2D eigenvalue weighted by atomic mass is 10.2. The quantitative estimate of drug-likeness (QED) is 0.646. The molecule has 2 aromatic carbocycles. The van der Waals surface area contributed by atoms with Crippen LogP contribution in [0.4, 0.5) is 16.2 Å². The van der Waals surface area contributed by atoms with Crippen molar-refractivity contribution in [2.75, 3.05) is 16.4 Å². The van der Waals surface area contributed by atoms with Crippen LogP contribution in [-0.2, 0) is 4.79 Å². The van der Waals surface area contributed by atoms with E-state index in [1.54, 1.807) is 36.0 Å². The Kier molecular flexibility index (Phi) is 7.35. The Bertz CT molecular complexity index is 688. The Balaban J connectivity index is 1.74. The smallest absolute Gasteiger partial charge is 0.319 e. The van der Waals surface area contributed by atoms with Crippen LogP contribution in [0.2, 0.25) is 0 Å². The molecule has 5 nitrogen and oxygen atoms in total. The molecule has 3 amide bonds. The number of anilines is 2. The van der Waals surface area contributed by atoms with Gasteiger partial charge in [0.2, 0.25) is 5.91 Å². The van der Waals surface area contributed by atoms with Crippen molar-refractivity contribution in [3.63, 3.8) is 0 Å². The first kappa shape index (κ1) is 18.9. The van der Waals surface area contributed by atoms with Gasteiger partial charge in [0.15, 0.2) is 0 Å². The molecule has 0 atom stereocenters. The van der Waals surface area contributed by atoms with Crippen LogP contribution in [0, 0.1) is 0 Å². The number of rotatable bonds is 7. The first-order valence-electron chi connectivity index (χ1n) is 8.18. The summed E-state index contributed by atoms with van der Waals surface area (Å²) in [6, 6.07) is 16.9. The SMILES string of the molecule is CC(C)NC(=O)Nc1ccc(NC(=O)CCSc2ccccc2)cc1. The zero-order chi connectivity index (χ0) is 18.1. The van der Waals surface area contributed by atoms with E-state index < -0.39 is 0 Å². The van der Waals surface area contributed by atoms with Crippen LogP contribution in [0.5, 0.6) is 0 Å². The summed E-state index contributed by atoms with van der Waals surface area (Å²) in [4.78, 5) is 24.8. The Morgan fingerprint density at radius 2 is 1.52 bits per heavy atom. The van der Waals surface area contributed by atoms with Crippen molar-refractivity contribution in [1.29, 1.82) is 0 Å². The van der Waals surface area contributed by atoms with E-state index in [4.69, 9.17) is 0 Å². The van der Waals surface area contributed by atoms with E-state index in [-0.39, 0.29) is 18.0 Å². The summed E-state index contributed by atoms with van der Waals surface area (Å²) < 4.78 is 0. The van der Waals surface area contributed by atoms with Crippen LogP contribution in [0.25, 0.3) is 0 Å². The standard InChI is InChI=1S/C19H23N3O2S/c1-14(2)20-19(24)22-16-10-8-15(9-11-16)21-18(23)12-13-25-17-6-4-3-5-7-17/h3-11,14H,12-13H2,1-2H3,(H,21,23)(H2,20,22,24). The molecule has 132 valence electrons. The Hall–Kier alpha value is -2.47. The number of carbonyl (C=O) groups excluding carboxylic acids is 2. The minimum Gasteiger partial charge on any atom is -0.336 e. The Morgan fingerprint density at radius 1 is 0.920 bits per heavy atom. The maximum absolute atomic E-state index is 12.0. The summed E-state index contributed by atoms with van der Waals surface area (Å²) >= 11 is 1.66. The summed E-state index contributed by atoms with van der Waals surface area (Å²) in [6.45, 7) is 3.79. The predicted octanol–water partition coefficient (Wildman–Crippen LogP) is 4.34. The molecular formula is C19H23N3O2S. The van der Waals surface area contributed by atoms with Crippen molar-refractivity contribution in [2.24, 2.45) is 0 Å². The fraction of sp³-hybridized carbons (Fsp3) is 0.263.